The molecule has 0 bridgehead atoms. The first-order valence-corrected chi connectivity index (χ1v) is 10.3. The van der Waals surface area contributed by atoms with E-state index in [0.717, 1.165) is 42.6 Å². The Morgan fingerprint density at radius 1 is 1.30 bits per heavy atom. The number of carbonyl (C=O) groups is 1. The number of thiocarbonyl (C=S) groups is 1. The Morgan fingerprint density at radius 3 is 2.67 bits per heavy atom. The van der Waals surface area contributed by atoms with Gasteiger partial charge in [-0.05, 0) is 75.0 Å². The highest BCUT2D eigenvalue weighted by atomic mass is 32.1. The quantitative estimate of drug-likeness (QED) is 0.419. The lowest BCUT2D eigenvalue weighted by Crippen LogP contribution is -2.40. The normalized spacial score (nSPS) is 20.1. The van der Waals surface area contributed by atoms with Gasteiger partial charge in [0, 0.05) is 25.3 Å². The second kappa shape index (κ2) is 10.6. The summed E-state index contributed by atoms with van der Waals surface area (Å²) in [5.74, 6) is 1.27. The van der Waals surface area contributed by atoms with Crippen molar-refractivity contribution in [2.75, 3.05) is 38.1 Å². The third-order valence-corrected chi connectivity index (χ3v) is 5.12. The lowest BCUT2D eigenvalue weighted by molar-refractivity contribution is 0.0526. The van der Waals surface area contributed by atoms with Gasteiger partial charge in [-0.15, -0.1) is 0 Å². The number of carbonyl (C=O) groups excluding carboxylic acids is 1. The average Bonchev–Trinajstić information content (AvgIpc) is 2.60. The summed E-state index contributed by atoms with van der Waals surface area (Å²) in [4.78, 5) is 14.5. The van der Waals surface area contributed by atoms with E-state index in [1.807, 2.05) is 13.0 Å². The van der Waals surface area contributed by atoms with E-state index in [4.69, 9.17) is 17.0 Å². The summed E-state index contributed by atoms with van der Waals surface area (Å²) in [7, 11) is 0. The average molecular weight is 392 g/mol. The van der Waals surface area contributed by atoms with E-state index in [1.165, 1.54) is 19.5 Å². The van der Waals surface area contributed by atoms with Gasteiger partial charge in [-0.1, -0.05) is 19.9 Å². The summed E-state index contributed by atoms with van der Waals surface area (Å²) in [5, 5.41) is 7.05. The van der Waals surface area contributed by atoms with Crippen LogP contribution in [0.4, 0.5) is 5.69 Å². The van der Waals surface area contributed by atoms with Gasteiger partial charge in [-0.2, -0.15) is 0 Å². The molecule has 0 aliphatic carbocycles. The first kappa shape index (κ1) is 21.6. The number of benzene rings is 1. The summed E-state index contributed by atoms with van der Waals surface area (Å²) in [6, 6.07) is 5.46. The highest BCUT2D eigenvalue weighted by Crippen LogP contribution is 2.21. The molecule has 0 spiro atoms. The highest BCUT2D eigenvalue weighted by molar-refractivity contribution is 7.80. The second-order valence-corrected chi connectivity index (χ2v) is 8.10. The van der Waals surface area contributed by atoms with Crippen LogP contribution in [0.2, 0.25) is 0 Å². The first-order valence-electron chi connectivity index (χ1n) is 9.94. The largest absolute Gasteiger partial charge is 0.462 e. The Kier molecular flexibility index (Phi) is 8.51. The van der Waals surface area contributed by atoms with Crippen molar-refractivity contribution < 1.29 is 9.53 Å². The molecule has 1 aromatic carbocycles. The van der Waals surface area contributed by atoms with Crippen LogP contribution in [0.5, 0.6) is 0 Å². The van der Waals surface area contributed by atoms with Crippen molar-refractivity contribution in [1.29, 1.82) is 0 Å². The number of esters is 1. The van der Waals surface area contributed by atoms with Gasteiger partial charge in [0.1, 0.15) is 0 Å². The van der Waals surface area contributed by atoms with E-state index in [1.54, 1.807) is 19.1 Å². The zero-order chi connectivity index (χ0) is 19.8. The molecule has 0 saturated carbocycles. The van der Waals surface area contributed by atoms with Crippen LogP contribution in [0.3, 0.4) is 0 Å². The van der Waals surface area contributed by atoms with E-state index >= 15 is 0 Å². The van der Waals surface area contributed by atoms with E-state index in [0.29, 0.717) is 17.3 Å². The molecule has 0 unspecified atom stereocenters. The minimum absolute atomic E-state index is 0.315. The molecular formula is C21H33N3O2S. The number of rotatable bonds is 7. The number of aryl methyl sites for hydroxylation is 1. The third kappa shape index (κ3) is 7.11. The van der Waals surface area contributed by atoms with E-state index in [9.17, 15) is 4.79 Å². The lowest BCUT2D eigenvalue weighted by atomic mass is 9.92. The number of nitrogens with zero attached hydrogens (tertiary/aromatic N) is 1. The van der Waals surface area contributed by atoms with Gasteiger partial charge in [-0.3, -0.25) is 0 Å². The second-order valence-electron chi connectivity index (χ2n) is 7.69. The van der Waals surface area contributed by atoms with Crippen LogP contribution >= 0.6 is 12.2 Å². The fourth-order valence-electron chi connectivity index (χ4n) is 3.74. The monoisotopic (exact) mass is 391 g/mol. The minimum Gasteiger partial charge on any atom is -0.462 e. The molecule has 1 aliphatic rings. The topological polar surface area (TPSA) is 53.6 Å². The molecule has 1 fully saturated rings. The summed E-state index contributed by atoms with van der Waals surface area (Å²) >= 11 is 5.41. The smallest absolute Gasteiger partial charge is 0.338 e. The van der Waals surface area contributed by atoms with Gasteiger partial charge in [0.05, 0.1) is 12.2 Å². The molecule has 2 rings (SSSR count). The Bertz CT molecular complexity index is 640. The van der Waals surface area contributed by atoms with Crippen molar-refractivity contribution in [2.24, 2.45) is 11.8 Å². The first-order chi connectivity index (χ1) is 12.9. The van der Waals surface area contributed by atoms with Crippen LogP contribution in [-0.2, 0) is 4.74 Å². The van der Waals surface area contributed by atoms with Crippen molar-refractivity contribution in [3.8, 4) is 0 Å². The molecule has 6 heteroatoms. The van der Waals surface area contributed by atoms with Crippen molar-refractivity contribution in [1.82, 2.24) is 10.2 Å². The lowest BCUT2D eigenvalue weighted by Gasteiger charge is -2.35. The zero-order valence-corrected chi connectivity index (χ0v) is 17.8. The van der Waals surface area contributed by atoms with Crippen molar-refractivity contribution >= 4 is 29.0 Å². The molecule has 2 N–H and O–H groups in total. The van der Waals surface area contributed by atoms with Gasteiger partial charge in [0.15, 0.2) is 5.11 Å². The van der Waals surface area contributed by atoms with Crippen LogP contribution in [0.1, 0.15) is 49.5 Å². The number of ether oxygens (including phenoxy) is 1. The maximum Gasteiger partial charge on any atom is 0.338 e. The van der Waals surface area contributed by atoms with Crippen LogP contribution in [0.15, 0.2) is 18.2 Å². The molecule has 2 atom stereocenters. The number of hydrogen-bond acceptors (Lipinski definition) is 4. The number of piperidine rings is 1. The number of nitrogens with one attached hydrogen (secondary N) is 2. The van der Waals surface area contributed by atoms with E-state index < -0.39 is 0 Å². The molecule has 0 aromatic heterocycles. The molecule has 27 heavy (non-hydrogen) atoms. The standard InChI is InChI=1S/C21H33N3O2S/c1-5-26-20(25)18-8-7-17(4)19(12-18)23-21(27)22-9-6-10-24-13-15(2)11-16(3)14-24/h7-8,12,15-16H,5-6,9-11,13-14H2,1-4H3,(H2,22,23,27)/t15-,16-/m1/s1. The molecule has 1 aliphatic heterocycles. The predicted octanol–water partition coefficient (Wildman–Crippen LogP) is 3.83. The predicted molar refractivity (Wildman–Crippen MR) is 115 cm³/mol. The van der Waals surface area contributed by atoms with E-state index in [2.05, 4.69) is 29.4 Å². The van der Waals surface area contributed by atoms with Gasteiger partial charge >= 0.3 is 5.97 Å². The Balaban J connectivity index is 1.77. The van der Waals surface area contributed by atoms with Gasteiger partial charge in [0.25, 0.3) is 0 Å². The Labute approximate surface area is 168 Å². The fraction of sp³-hybridized carbons (Fsp3) is 0.619. The number of likely N-dealkylation sites (tertiary alicyclic amines) is 1. The summed E-state index contributed by atoms with van der Waals surface area (Å²) in [6.45, 7) is 13.2. The Morgan fingerprint density at radius 2 is 2.00 bits per heavy atom. The number of anilines is 1. The molecular weight excluding hydrogens is 358 g/mol. The van der Waals surface area contributed by atoms with Gasteiger partial charge < -0.3 is 20.3 Å². The molecule has 1 aromatic rings. The van der Waals surface area contributed by atoms with E-state index in [-0.39, 0.29) is 5.97 Å². The maximum absolute atomic E-state index is 11.9. The van der Waals surface area contributed by atoms with Crippen molar-refractivity contribution in [3.63, 3.8) is 0 Å². The molecule has 0 amide bonds. The molecule has 1 heterocycles. The van der Waals surface area contributed by atoms with Gasteiger partial charge in [-0.25, -0.2) is 4.79 Å². The third-order valence-electron chi connectivity index (χ3n) is 4.88. The molecule has 1 saturated heterocycles. The zero-order valence-electron chi connectivity index (χ0n) is 17.0. The molecule has 0 radical (unpaired) electrons. The van der Waals surface area contributed by atoms with Crippen LogP contribution < -0.4 is 10.6 Å². The van der Waals surface area contributed by atoms with Crippen molar-refractivity contribution in [3.05, 3.63) is 29.3 Å². The van der Waals surface area contributed by atoms with Crippen LogP contribution in [-0.4, -0.2) is 48.8 Å². The summed E-state index contributed by atoms with van der Waals surface area (Å²) < 4.78 is 5.06. The number of hydrogen-bond donors (Lipinski definition) is 2. The fourth-order valence-corrected chi connectivity index (χ4v) is 3.96. The van der Waals surface area contributed by atoms with Crippen LogP contribution in [0, 0.1) is 18.8 Å². The van der Waals surface area contributed by atoms with Crippen molar-refractivity contribution in [2.45, 2.75) is 40.5 Å². The van der Waals surface area contributed by atoms with Gasteiger partial charge in [0.2, 0.25) is 0 Å². The Hall–Kier alpha value is -1.66. The maximum atomic E-state index is 11.9. The SMILES string of the molecule is CCOC(=O)c1ccc(C)c(NC(=S)NCCCN2C[C@H](C)C[C@@H](C)C2)c1. The molecule has 5 nitrogen and oxygen atoms in total. The summed E-state index contributed by atoms with van der Waals surface area (Å²) in [6.07, 6.45) is 2.40. The highest BCUT2D eigenvalue weighted by Gasteiger charge is 2.21. The molecule has 150 valence electrons. The summed E-state index contributed by atoms with van der Waals surface area (Å²) in [5.41, 5.74) is 2.39. The minimum atomic E-state index is -0.315. The van der Waals surface area contributed by atoms with Crippen LogP contribution in [0.25, 0.3) is 0 Å².